The summed E-state index contributed by atoms with van der Waals surface area (Å²) in [6.07, 6.45) is 0.649. The first-order chi connectivity index (χ1) is 21.8. The number of amides is 1. The van der Waals surface area contributed by atoms with Gasteiger partial charge in [-0.25, -0.2) is 15.2 Å². The highest BCUT2D eigenvalue weighted by molar-refractivity contribution is 7.68. The number of nitrogens with zero attached hydrogens (tertiary/aromatic N) is 1. The van der Waals surface area contributed by atoms with E-state index in [2.05, 4.69) is 20.5 Å². The van der Waals surface area contributed by atoms with Crippen molar-refractivity contribution in [2.24, 2.45) is 0 Å². The minimum atomic E-state index is -3.92. The molecule has 0 bridgehead atoms. The summed E-state index contributed by atoms with van der Waals surface area (Å²) in [5.74, 6) is -0.488. The van der Waals surface area contributed by atoms with Crippen molar-refractivity contribution in [2.75, 3.05) is 5.32 Å². The van der Waals surface area contributed by atoms with Gasteiger partial charge in [-0.1, -0.05) is 0 Å². The minimum absolute atomic E-state index is 0.155. The first-order valence-electron chi connectivity index (χ1n) is 15.2. The fourth-order valence-electron chi connectivity index (χ4n) is 4.17. The molecule has 0 saturated carbocycles. The third kappa shape index (κ3) is 10.9. The second-order valence-corrected chi connectivity index (χ2v) is 15.8. The number of thiazole rings is 1. The highest BCUT2D eigenvalue weighted by Crippen LogP contribution is 2.42. The van der Waals surface area contributed by atoms with Crippen molar-refractivity contribution in [1.29, 1.82) is 0 Å². The first kappa shape index (κ1) is 37.7. The van der Waals surface area contributed by atoms with Crippen molar-refractivity contribution in [3.63, 3.8) is 0 Å². The Labute approximate surface area is 280 Å². The maximum absolute atomic E-state index is 14.7. The number of rotatable bonds is 15. The fourth-order valence-corrected chi connectivity index (χ4v) is 7.34. The summed E-state index contributed by atoms with van der Waals surface area (Å²) >= 11 is 1.30. The first-order valence-corrected chi connectivity index (χ1v) is 17.8. The molecule has 0 radical (unpaired) electrons. The molecule has 3 rings (SSSR count). The smallest absolute Gasteiger partial charge is 0.326 e. The van der Waals surface area contributed by atoms with E-state index in [0.29, 0.717) is 27.9 Å². The largest absolute Gasteiger partial charge is 0.491 e. The van der Waals surface area contributed by atoms with Crippen LogP contribution in [0.3, 0.4) is 0 Å². The molecule has 14 heteroatoms. The van der Waals surface area contributed by atoms with E-state index in [4.69, 9.17) is 18.9 Å². The van der Waals surface area contributed by atoms with Crippen LogP contribution >= 0.6 is 18.8 Å². The molecule has 1 heterocycles. The molecule has 1 aromatic heterocycles. The molecule has 3 aromatic rings. The van der Waals surface area contributed by atoms with Gasteiger partial charge in [0, 0.05) is 28.5 Å². The van der Waals surface area contributed by atoms with Gasteiger partial charge in [0.05, 0.1) is 18.3 Å². The van der Waals surface area contributed by atoms with Gasteiger partial charge in [-0.3, -0.25) is 24.3 Å². The van der Waals surface area contributed by atoms with Crippen LogP contribution in [0.1, 0.15) is 79.6 Å². The maximum Gasteiger partial charge on any atom is 0.326 e. The number of hydrogen-bond acceptors (Lipinski definition) is 10. The number of carbonyl (C=O) groups is 3. The molecule has 12 nitrogen and oxygen atoms in total. The summed E-state index contributed by atoms with van der Waals surface area (Å²) in [7, 11) is -3.92. The lowest BCUT2D eigenvalue weighted by atomic mass is 10.1. The van der Waals surface area contributed by atoms with Crippen molar-refractivity contribution in [3.8, 4) is 17.2 Å². The Morgan fingerprint density at radius 1 is 0.766 bits per heavy atom. The number of ether oxygens (including phenoxy) is 4. The Kier molecular flexibility index (Phi) is 12.4. The number of benzene rings is 2. The number of carbonyl (C=O) groups excluding carboxylic acids is 3. The molecule has 0 aliphatic rings. The Hall–Kier alpha value is -3.77. The highest BCUT2D eigenvalue weighted by atomic mass is 32.1. The van der Waals surface area contributed by atoms with E-state index in [0.717, 1.165) is 0 Å². The third-order valence-corrected chi connectivity index (χ3v) is 9.64. The average Bonchev–Trinajstić information content (AvgIpc) is 3.44. The second kappa shape index (κ2) is 15.4. The van der Waals surface area contributed by atoms with Crippen LogP contribution < -0.4 is 30.3 Å². The molecule has 0 aliphatic carbocycles. The topological polar surface area (TPSA) is 154 Å². The molecule has 47 heavy (non-hydrogen) atoms. The molecule has 0 saturated heterocycles. The van der Waals surface area contributed by atoms with Crippen LogP contribution in [-0.2, 0) is 23.6 Å². The van der Waals surface area contributed by atoms with Crippen molar-refractivity contribution < 1.29 is 37.9 Å². The van der Waals surface area contributed by atoms with Gasteiger partial charge in [-0.15, -0.1) is 11.3 Å². The summed E-state index contributed by atoms with van der Waals surface area (Å²) in [6, 6.07) is 11.2. The number of aromatic nitrogens is 1. The number of anilines is 1. The van der Waals surface area contributed by atoms with Crippen molar-refractivity contribution in [1.82, 2.24) is 15.2 Å². The predicted molar refractivity (Wildman–Crippen MR) is 183 cm³/mol. The molecule has 0 atom stereocenters. The summed E-state index contributed by atoms with van der Waals surface area (Å²) in [5.41, 5.74) is -2.52. The summed E-state index contributed by atoms with van der Waals surface area (Å²) in [5, 5.41) is 11.1. The summed E-state index contributed by atoms with van der Waals surface area (Å²) in [4.78, 5) is 43.0. The summed E-state index contributed by atoms with van der Waals surface area (Å²) in [6.45, 7) is 16.8. The molecule has 256 valence electrons. The van der Waals surface area contributed by atoms with Gasteiger partial charge in [-0.2, -0.15) is 0 Å². The lowest BCUT2D eigenvalue weighted by molar-refractivity contribution is -0.153. The van der Waals surface area contributed by atoms with Gasteiger partial charge in [0.25, 0.3) is 5.91 Å². The molecule has 2 aromatic carbocycles. The van der Waals surface area contributed by atoms with Crippen LogP contribution in [-0.4, -0.2) is 52.2 Å². The summed E-state index contributed by atoms with van der Waals surface area (Å²) < 4.78 is 37.5. The van der Waals surface area contributed by atoms with Gasteiger partial charge < -0.3 is 18.9 Å². The standard InChI is InChI=1S/C33H45N4O8PS/c1-20(2)42-25-17-23(28(38)35-31-34-15-16-47-31)18-26(19-25)45-24-11-13-27(14-12-24)46(41,36-32(7,8)29(39)43-21(3)4)37-33(9,10)30(40)44-22(5)6/h11-22H,1-10H3,(H,34,35,38)(H2,36,37,41). The van der Waals surface area contributed by atoms with Crippen LogP contribution in [0.25, 0.3) is 0 Å². The van der Waals surface area contributed by atoms with Gasteiger partial charge in [0.1, 0.15) is 28.3 Å². The van der Waals surface area contributed by atoms with E-state index in [1.807, 2.05) is 13.8 Å². The lowest BCUT2D eigenvalue weighted by Gasteiger charge is -2.36. The molecule has 0 unspecified atom stereocenters. The monoisotopic (exact) mass is 688 g/mol. The van der Waals surface area contributed by atoms with Crippen LogP contribution in [0, 0.1) is 0 Å². The molecular formula is C33H45N4O8PS. The van der Waals surface area contributed by atoms with E-state index in [1.165, 1.54) is 11.3 Å². The molecule has 0 fully saturated rings. The lowest BCUT2D eigenvalue weighted by Crippen LogP contribution is -2.55. The number of esters is 2. The van der Waals surface area contributed by atoms with E-state index in [1.54, 1.807) is 109 Å². The van der Waals surface area contributed by atoms with Crippen LogP contribution in [0.15, 0.2) is 54.0 Å². The van der Waals surface area contributed by atoms with E-state index in [-0.39, 0.29) is 17.3 Å². The third-order valence-electron chi connectivity index (χ3n) is 6.18. The Balaban J connectivity index is 1.96. The van der Waals surface area contributed by atoms with Gasteiger partial charge in [0.2, 0.25) is 7.44 Å². The Morgan fingerprint density at radius 3 is 1.77 bits per heavy atom. The van der Waals surface area contributed by atoms with Gasteiger partial charge in [-0.05, 0) is 106 Å². The molecule has 1 amide bonds. The van der Waals surface area contributed by atoms with Gasteiger partial charge in [0.15, 0.2) is 5.13 Å². The van der Waals surface area contributed by atoms with E-state index >= 15 is 0 Å². The SMILES string of the molecule is CC(C)OC(=O)C(C)(C)NP(=O)(NC(C)(C)C(=O)OC(C)C)c1ccc(Oc2cc(OC(C)C)cc(C(=O)Nc3nccs3)c2)cc1. The molecule has 0 spiro atoms. The average molecular weight is 689 g/mol. The minimum Gasteiger partial charge on any atom is -0.491 e. The van der Waals surface area contributed by atoms with Crippen LogP contribution in [0.2, 0.25) is 0 Å². The highest BCUT2D eigenvalue weighted by Gasteiger charge is 2.44. The van der Waals surface area contributed by atoms with Crippen molar-refractivity contribution in [3.05, 3.63) is 59.6 Å². The maximum atomic E-state index is 14.7. The van der Waals surface area contributed by atoms with Crippen molar-refractivity contribution >= 4 is 47.1 Å². The van der Waals surface area contributed by atoms with Crippen LogP contribution in [0.5, 0.6) is 17.2 Å². The van der Waals surface area contributed by atoms with Crippen molar-refractivity contribution in [2.45, 2.75) is 98.6 Å². The number of nitrogens with one attached hydrogen (secondary N) is 3. The van der Waals surface area contributed by atoms with Crippen LogP contribution in [0.4, 0.5) is 5.13 Å². The fraction of sp³-hybridized carbons (Fsp3) is 0.455. The Bertz CT molecular complexity index is 1550. The zero-order valence-electron chi connectivity index (χ0n) is 28.5. The zero-order chi connectivity index (χ0) is 35.2. The molecule has 0 aliphatic heterocycles. The quantitative estimate of drug-likeness (QED) is 0.120. The predicted octanol–water partition coefficient (Wildman–Crippen LogP) is 6.43. The normalized spacial score (nSPS) is 12.3. The number of hydrogen-bond donors (Lipinski definition) is 3. The molecular weight excluding hydrogens is 643 g/mol. The zero-order valence-corrected chi connectivity index (χ0v) is 30.2. The van der Waals surface area contributed by atoms with Gasteiger partial charge >= 0.3 is 11.9 Å². The van der Waals surface area contributed by atoms with E-state index < -0.39 is 42.7 Å². The Morgan fingerprint density at radius 2 is 1.30 bits per heavy atom. The molecule has 3 N–H and O–H groups in total. The van der Waals surface area contributed by atoms with E-state index in [9.17, 15) is 18.9 Å². The second-order valence-electron chi connectivity index (χ2n) is 12.7.